The van der Waals surface area contributed by atoms with Gasteiger partial charge in [0.05, 0.1) is 0 Å². The van der Waals surface area contributed by atoms with Crippen molar-refractivity contribution in [2.75, 3.05) is 13.2 Å². The number of unbranched alkanes of at least 4 members (excludes halogenated alkanes) is 1. The molecule has 10 heavy (non-hydrogen) atoms. The molecule has 0 bridgehead atoms. The van der Waals surface area contributed by atoms with Gasteiger partial charge in [0, 0.05) is 13.2 Å². The van der Waals surface area contributed by atoms with Crippen LogP contribution in [-0.2, 0) is 4.74 Å². The lowest BCUT2D eigenvalue weighted by molar-refractivity contribution is 0.184. The highest BCUT2D eigenvalue weighted by Gasteiger charge is 2.13. The van der Waals surface area contributed by atoms with Crippen molar-refractivity contribution in [3.8, 4) is 0 Å². The summed E-state index contributed by atoms with van der Waals surface area (Å²) in [5, 5.41) is 0. The highest BCUT2D eigenvalue weighted by atomic mass is 16.5. The van der Waals surface area contributed by atoms with E-state index in [1.54, 1.807) is 0 Å². The van der Waals surface area contributed by atoms with Crippen LogP contribution in [0.2, 0.25) is 0 Å². The number of allylic oxidation sites excluding steroid dienone is 1. The third-order valence-corrected chi connectivity index (χ3v) is 2.04. The van der Waals surface area contributed by atoms with Crippen LogP contribution in [-0.4, -0.2) is 13.2 Å². The molecule has 0 aliphatic carbocycles. The van der Waals surface area contributed by atoms with Crippen molar-refractivity contribution in [2.24, 2.45) is 5.92 Å². The molecule has 1 saturated heterocycles. The molecule has 0 N–H and O–H groups in total. The van der Waals surface area contributed by atoms with E-state index in [0.717, 1.165) is 25.6 Å². The molecule has 0 aromatic heterocycles. The molecule has 0 spiro atoms. The Labute approximate surface area is 63.1 Å². The van der Waals surface area contributed by atoms with Crippen LogP contribution in [0, 0.1) is 5.92 Å². The van der Waals surface area contributed by atoms with Crippen LogP contribution in [0.25, 0.3) is 0 Å². The van der Waals surface area contributed by atoms with Crippen molar-refractivity contribution in [1.29, 1.82) is 0 Å². The zero-order valence-corrected chi connectivity index (χ0v) is 6.51. The van der Waals surface area contributed by atoms with Crippen molar-refractivity contribution in [3.63, 3.8) is 0 Å². The minimum absolute atomic E-state index is 0.847. The summed E-state index contributed by atoms with van der Waals surface area (Å²) in [7, 11) is 0. The van der Waals surface area contributed by atoms with Gasteiger partial charge in [0.2, 0.25) is 0 Å². The second-order valence-electron chi connectivity index (χ2n) is 2.95. The number of rotatable bonds is 4. The first-order valence-electron chi connectivity index (χ1n) is 4.12. The lowest BCUT2D eigenvalue weighted by atomic mass is 10.0. The van der Waals surface area contributed by atoms with Crippen LogP contribution in [0.1, 0.15) is 25.7 Å². The van der Waals surface area contributed by atoms with Crippen molar-refractivity contribution in [3.05, 3.63) is 12.7 Å². The third-order valence-electron chi connectivity index (χ3n) is 2.04. The van der Waals surface area contributed by atoms with Gasteiger partial charge in [-0.1, -0.05) is 6.08 Å². The summed E-state index contributed by atoms with van der Waals surface area (Å²) in [5.41, 5.74) is 0. The average molecular weight is 140 g/mol. The van der Waals surface area contributed by atoms with Gasteiger partial charge in [-0.25, -0.2) is 0 Å². The Hall–Kier alpha value is -0.300. The summed E-state index contributed by atoms with van der Waals surface area (Å²) in [6.07, 6.45) is 7.05. The Kier molecular flexibility index (Phi) is 3.52. The van der Waals surface area contributed by atoms with E-state index in [-0.39, 0.29) is 0 Å². The molecule has 0 aromatic carbocycles. The summed E-state index contributed by atoms with van der Waals surface area (Å²) < 4.78 is 5.26. The lowest BCUT2D eigenvalue weighted by Crippen LogP contribution is -1.97. The fourth-order valence-electron chi connectivity index (χ4n) is 1.36. The molecule has 1 rings (SSSR count). The predicted molar refractivity (Wildman–Crippen MR) is 43.0 cm³/mol. The lowest BCUT2D eigenvalue weighted by Gasteiger charge is -2.03. The van der Waals surface area contributed by atoms with Crippen LogP contribution < -0.4 is 0 Å². The molecule has 58 valence electrons. The quantitative estimate of drug-likeness (QED) is 0.430. The molecular formula is C9H16O. The van der Waals surface area contributed by atoms with E-state index in [1.165, 1.54) is 19.3 Å². The van der Waals surface area contributed by atoms with Crippen LogP contribution in [0.5, 0.6) is 0 Å². The van der Waals surface area contributed by atoms with Crippen molar-refractivity contribution in [2.45, 2.75) is 25.7 Å². The van der Waals surface area contributed by atoms with Gasteiger partial charge < -0.3 is 4.74 Å². The Balaban J connectivity index is 1.96. The van der Waals surface area contributed by atoms with E-state index in [9.17, 15) is 0 Å². The smallest absolute Gasteiger partial charge is 0.0495 e. The Morgan fingerprint density at radius 1 is 1.60 bits per heavy atom. The Morgan fingerprint density at radius 2 is 2.50 bits per heavy atom. The Bertz CT molecular complexity index is 92.9. The number of ether oxygens (including phenoxy) is 1. The first-order chi connectivity index (χ1) is 4.93. The van der Waals surface area contributed by atoms with Crippen molar-refractivity contribution >= 4 is 0 Å². The maximum Gasteiger partial charge on any atom is 0.0495 e. The molecule has 1 nitrogen and oxygen atoms in total. The molecule has 0 saturated carbocycles. The van der Waals surface area contributed by atoms with E-state index in [4.69, 9.17) is 4.74 Å². The number of hydrogen-bond acceptors (Lipinski definition) is 1. The normalized spacial score (nSPS) is 25.0. The van der Waals surface area contributed by atoms with Crippen LogP contribution in [0.15, 0.2) is 12.7 Å². The van der Waals surface area contributed by atoms with E-state index in [2.05, 4.69) is 6.58 Å². The summed E-state index contributed by atoms with van der Waals surface area (Å²) in [6.45, 7) is 5.68. The summed E-state index contributed by atoms with van der Waals surface area (Å²) >= 11 is 0. The molecule has 1 aliphatic rings. The second-order valence-corrected chi connectivity index (χ2v) is 2.95. The van der Waals surface area contributed by atoms with Crippen LogP contribution in [0.3, 0.4) is 0 Å². The predicted octanol–water partition coefficient (Wildman–Crippen LogP) is 2.38. The van der Waals surface area contributed by atoms with E-state index < -0.39 is 0 Å². The zero-order chi connectivity index (χ0) is 7.23. The van der Waals surface area contributed by atoms with Gasteiger partial charge in [0.25, 0.3) is 0 Å². The fraction of sp³-hybridized carbons (Fsp3) is 0.778. The first-order valence-corrected chi connectivity index (χ1v) is 4.12. The largest absolute Gasteiger partial charge is 0.381 e. The molecule has 1 atom stereocenters. The minimum Gasteiger partial charge on any atom is -0.381 e. The highest BCUT2D eigenvalue weighted by Crippen LogP contribution is 2.18. The van der Waals surface area contributed by atoms with E-state index in [0.29, 0.717) is 0 Å². The van der Waals surface area contributed by atoms with E-state index in [1.807, 2.05) is 6.08 Å². The van der Waals surface area contributed by atoms with E-state index >= 15 is 0 Å². The van der Waals surface area contributed by atoms with Gasteiger partial charge in [-0.3, -0.25) is 0 Å². The topological polar surface area (TPSA) is 9.23 Å². The van der Waals surface area contributed by atoms with Crippen LogP contribution >= 0.6 is 0 Å². The molecule has 0 aromatic rings. The van der Waals surface area contributed by atoms with Gasteiger partial charge in [0.1, 0.15) is 0 Å². The number of hydrogen-bond donors (Lipinski definition) is 0. The molecule has 1 heteroatoms. The summed E-state index contributed by atoms with van der Waals surface area (Å²) in [5.74, 6) is 0.847. The monoisotopic (exact) mass is 140 g/mol. The second kappa shape index (κ2) is 4.51. The standard InChI is InChI=1S/C9H16O/c1-2-3-4-5-9-6-7-10-8-9/h2,9H,1,3-8H2/t9-/m0/s1. The molecule has 0 radical (unpaired) electrons. The van der Waals surface area contributed by atoms with Gasteiger partial charge in [0.15, 0.2) is 0 Å². The van der Waals surface area contributed by atoms with Gasteiger partial charge in [-0.15, -0.1) is 6.58 Å². The molecule has 1 aliphatic heterocycles. The SMILES string of the molecule is C=CCCC[C@H]1CCOC1. The minimum atomic E-state index is 0.847. The summed E-state index contributed by atoms with van der Waals surface area (Å²) in [6, 6.07) is 0. The Morgan fingerprint density at radius 3 is 3.10 bits per heavy atom. The third kappa shape index (κ3) is 2.53. The highest BCUT2D eigenvalue weighted by molar-refractivity contribution is 4.69. The molecule has 1 fully saturated rings. The summed E-state index contributed by atoms with van der Waals surface area (Å²) in [4.78, 5) is 0. The van der Waals surface area contributed by atoms with Gasteiger partial charge >= 0.3 is 0 Å². The van der Waals surface area contributed by atoms with Crippen LogP contribution in [0.4, 0.5) is 0 Å². The molecule has 0 unspecified atom stereocenters. The average Bonchev–Trinajstić information content (AvgIpc) is 2.41. The van der Waals surface area contributed by atoms with Gasteiger partial charge in [-0.05, 0) is 31.6 Å². The first kappa shape index (κ1) is 7.80. The molecular weight excluding hydrogens is 124 g/mol. The van der Waals surface area contributed by atoms with Crippen molar-refractivity contribution in [1.82, 2.24) is 0 Å². The van der Waals surface area contributed by atoms with Crippen molar-refractivity contribution < 1.29 is 4.74 Å². The maximum absolute atomic E-state index is 5.26. The van der Waals surface area contributed by atoms with Gasteiger partial charge in [-0.2, -0.15) is 0 Å². The molecule has 1 heterocycles. The zero-order valence-electron chi connectivity index (χ0n) is 6.51. The fourth-order valence-corrected chi connectivity index (χ4v) is 1.36. The molecule has 0 amide bonds. The maximum atomic E-state index is 5.26.